The third kappa shape index (κ3) is 2.81. The Labute approximate surface area is 93.5 Å². The Morgan fingerprint density at radius 3 is 2.80 bits per heavy atom. The van der Waals surface area contributed by atoms with E-state index in [-0.39, 0.29) is 0 Å². The standard InChI is InChI=1S/C12H12N2S/c13-9-10-4-3-5-11(8-10)15-12-6-1-2-7-14-12/h1-8H,9,13H2. The van der Waals surface area contributed by atoms with Crippen LogP contribution in [0.3, 0.4) is 0 Å². The van der Waals surface area contributed by atoms with Crippen LogP contribution in [-0.4, -0.2) is 4.98 Å². The van der Waals surface area contributed by atoms with Gasteiger partial charge in [0.05, 0.1) is 0 Å². The summed E-state index contributed by atoms with van der Waals surface area (Å²) in [5, 5.41) is 1.01. The van der Waals surface area contributed by atoms with Crippen molar-refractivity contribution in [2.24, 2.45) is 5.73 Å². The van der Waals surface area contributed by atoms with Gasteiger partial charge in [0, 0.05) is 17.6 Å². The molecule has 0 aliphatic rings. The Balaban J connectivity index is 2.17. The highest BCUT2D eigenvalue weighted by molar-refractivity contribution is 7.99. The molecule has 2 nitrogen and oxygen atoms in total. The van der Waals surface area contributed by atoms with Gasteiger partial charge in [-0.15, -0.1) is 0 Å². The molecule has 3 heteroatoms. The summed E-state index contributed by atoms with van der Waals surface area (Å²) < 4.78 is 0. The molecular weight excluding hydrogens is 204 g/mol. The van der Waals surface area contributed by atoms with Gasteiger partial charge >= 0.3 is 0 Å². The highest BCUT2D eigenvalue weighted by Crippen LogP contribution is 2.25. The number of nitrogens with two attached hydrogens (primary N) is 1. The average molecular weight is 216 g/mol. The lowest BCUT2D eigenvalue weighted by atomic mass is 10.2. The molecule has 0 radical (unpaired) electrons. The van der Waals surface area contributed by atoms with Crippen molar-refractivity contribution >= 4 is 11.8 Å². The van der Waals surface area contributed by atoms with Gasteiger partial charge in [0.1, 0.15) is 5.03 Å². The molecule has 76 valence electrons. The first-order chi connectivity index (χ1) is 7.38. The van der Waals surface area contributed by atoms with Crippen molar-refractivity contribution in [1.82, 2.24) is 4.98 Å². The maximum atomic E-state index is 5.59. The molecule has 0 saturated heterocycles. The van der Waals surface area contributed by atoms with Gasteiger partial charge in [-0.2, -0.15) is 0 Å². The van der Waals surface area contributed by atoms with Crippen LogP contribution in [0.4, 0.5) is 0 Å². The molecule has 0 spiro atoms. The van der Waals surface area contributed by atoms with E-state index in [4.69, 9.17) is 5.73 Å². The molecule has 0 unspecified atom stereocenters. The number of nitrogens with zero attached hydrogens (tertiary/aromatic N) is 1. The summed E-state index contributed by atoms with van der Waals surface area (Å²) in [6, 6.07) is 14.1. The van der Waals surface area contributed by atoms with E-state index in [0.717, 1.165) is 10.6 Å². The lowest BCUT2D eigenvalue weighted by molar-refractivity contribution is 1.06. The van der Waals surface area contributed by atoms with Gasteiger partial charge in [0.15, 0.2) is 0 Å². The second-order valence-corrected chi connectivity index (χ2v) is 4.22. The van der Waals surface area contributed by atoms with Gasteiger partial charge in [-0.3, -0.25) is 0 Å². The van der Waals surface area contributed by atoms with Crippen LogP contribution in [0, 0.1) is 0 Å². The summed E-state index contributed by atoms with van der Waals surface area (Å²) in [4.78, 5) is 5.44. The van der Waals surface area contributed by atoms with E-state index in [1.807, 2.05) is 30.3 Å². The van der Waals surface area contributed by atoms with Crippen LogP contribution in [0.15, 0.2) is 58.6 Å². The minimum atomic E-state index is 0.580. The molecule has 0 fully saturated rings. The smallest absolute Gasteiger partial charge is 0.101 e. The highest BCUT2D eigenvalue weighted by Gasteiger charge is 1.98. The minimum Gasteiger partial charge on any atom is -0.326 e. The fraction of sp³-hybridized carbons (Fsp3) is 0.0833. The number of benzene rings is 1. The van der Waals surface area contributed by atoms with E-state index in [0.29, 0.717) is 6.54 Å². The van der Waals surface area contributed by atoms with Crippen LogP contribution in [0.1, 0.15) is 5.56 Å². The summed E-state index contributed by atoms with van der Waals surface area (Å²) in [5.41, 5.74) is 6.74. The van der Waals surface area contributed by atoms with Crippen molar-refractivity contribution in [1.29, 1.82) is 0 Å². The second-order valence-electron chi connectivity index (χ2n) is 3.12. The van der Waals surface area contributed by atoms with E-state index in [1.165, 1.54) is 4.90 Å². The van der Waals surface area contributed by atoms with Crippen molar-refractivity contribution < 1.29 is 0 Å². The Bertz CT molecular complexity index is 429. The maximum absolute atomic E-state index is 5.59. The van der Waals surface area contributed by atoms with Gasteiger partial charge in [0.25, 0.3) is 0 Å². The van der Waals surface area contributed by atoms with Crippen molar-refractivity contribution in [3.05, 3.63) is 54.2 Å². The van der Waals surface area contributed by atoms with E-state index in [1.54, 1.807) is 18.0 Å². The van der Waals surface area contributed by atoms with Crippen LogP contribution >= 0.6 is 11.8 Å². The maximum Gasteiger partial charge on any atom is 0.101 e. The Hall–Kier alpha value is -1.32. The number of hydrogen-bond acceptors (Lipinski definition) is 3. The van der Waals surface area contributed by atoms with Crippen molar-refractivity contribution in [3.8, 4) is 0 Å². The first kappa shape index (κ1) is 10.2. The molecule has 2 aromatic rings. The molecule has 2 rings (SSSR count). The molecule has 0 saturated carbocycles. The third-order valence-corrected chi connectivity index (χ3v) is 2.93. The van der Waals surface area contributed by atoms with Crippen LogP contribution in [-0.2, 0) is 6.54 Å². The average Bonchev–Trinajstić information content (AvgIpc) is 2.31. The molecule has 1 heterocycles. The SMILES string of the molecule is NCc1cccc(Sc2ccccn2)c1. The minimum absolute atomic E-state index is 0.580. The van der Waals surface area contributed by atoms with E-state index in [2.05, 4.69) is 17.1 Å². The fourth-order valence-electron chi connectivity index (χ4n) is 1.26. The lowest BCUT2D eigenvalue weighted by Gasteiger charge is -2.02. The topological polar surface area (TPSA) is 38.9 Å². The second kappa shape index (κ2) is 4.96. The number of hydrogen-bond donors (Lipinski definition) is 1. The molecule has 15 heavy (non-hydrogen) atoms. The third-order valence-electron chi connectivity index (χ3n) is 1.99. The Morgan fingerprint density at radius 1 is 1.13 bits per heavy atom. The van der Waals surface area contributed by atoms with E-state index >= 15 is 0 Å². The van der Waals surface area contributed by atoms with Crippen LogP contribution in [0.2, 0.25) is 0 Å². The molecule has 0 aliphatic heterocycles. The number of aromatic nitrogens is 1. The monoisotopic (exact) mass is 216 g/mol. The van der Waals surface area contributed by atoms with Gasteiger partial charge in [-0.1, -0.05) is 30.0 Å². The summed E-state index contributed by atoms with van der Waals surface area (Å²) in [6.07, 6.45) is 1.80. The first-order valence-corrected chi connectivity index (χ1v) is 5.58. The van der Waals surface area contributed by atoms with Gasteiger partial charge in [-0.25, -0.2) is 4.98 Å². The zero-order chi connectivity index (χ0) is 10.5. The predicted octanol–water partition coefficient (Wildman–Crippen LogP) is 2.69. The largest absolute Gasteiger partial charge is 0.326 e. The van der Waals surface area contributed by atoms with Gasteiger partial charge in [0.2, 0.25) is 0 Å². The summed E-state index contributed by atoms with van der Waals surface area (Å²) >= 11 is 1.65. The van der Waals surface area contributed by atoms with Crippen molar-refractivity contribution in [2.45, 2.75) is 16.5 Å². The van der Waals surface area contributed by atoms with Crippen LogP contribution < -0.4 is 5.73 Å². The Kier molecular flexibility index (Phi) is 3.37. The summed E-state index contributed by atoms with van der Waals surface area (Å²) in [6.45, 7) is 0.580. The molecule has 2 N–H and O–H groups in total. The lowest BCUT2D eigenvalue weighted by Crippen LogP contribution is -1.95. The molecular formula is C12H12N2S. The van der Waals surface area contributed by atoms with Crippen molar-refractivity contribution in [2.75, 3.05) is 0 Å². The zero-order valence-corrected chi connectivity index (χ0v) is 9.08. The first-order valence-electron chi connectivity index (χ1n) is 4.76. The normalized spacial score (nSPS) is 10.2. The summed E-state index contributed by atoms with van der Waals surface area (Å²) in [7, 11) is 0. The van der Waals surface area contributed by atoms with Crippen molar-refractivity contribution in [3.63, 3.8) is 0 Å². The zero-order valence-electron chi connectivity index (χ0n) is 8.26. The number of rotatable bonds is 3. The predicted molar refractivity (Wildman–Crippen MR) is 62.7 cm³/mol. The summed E-state index contributed by atoms with van der Waals surface area (Å²) in [5.74, 6) is 0. The highest BCUT2D eigenvalue weighted by atomic mass is 32.2. The number of pyridine rings is 1. The fourth-order valence-corrected chi connectivity index (χ4v) is 2.12. The molecule has 1 aromatic heterocycles. The quantitative estimate of drug-likeness (QED) is 0.857. The molecule has 1 aromatic carbocycles. The van der Waals surface area contributed by atoms with Crippen LogP contribution in [0.25, 0.3) is 0 Å². The van der Waals surface area contributed by atoms with Gasteiger partial charge < -0.3 is 5.73 Å². The Morgan fingerprint density at radius 2 is 2.07 bits per heavy atom. The molecule has 0 atom stereocenters. The molecule has 0 amide bonds. The van der Waals surface area contributed by atoms with E-state index in [9.17, 15) is 0 Å². The van der Waals surface area contributed by atoms with Crippen LogP contribution in [0.5, 0.6) is 0 Å². The molecule has 0 bridgehead atoms. The van der Waals surface area contributed by atoms with Gasteiger partial charge in [-0.05, 0) is 29.8 Å². The molecule has 0 aliphatic carbocycles. The van der Waals surface area contributed by atoms with E-state index < -0.39 is 0 Å².